The fraction of sp³-hybridized carbons (Fsp3) is 0.100. The molecular formula is C20H17N. The summed E-state index contributed by atoms with van der Waals surface area (Å²) < 4.78 is 2.37. The molecule has 0 fully saturated rings. The summed E-state index contributed by atoms with van der Waals surface area (Å²) >= 11 is 0. The van der Waals surface area contributed by atoms with Crippen molar-refractivity contribution in [3.8, 4) is 5.69 Å². The molecule has 0 aliphatic heterocycles. The predicted octanol–water partition coefficient (Wildman–Crippen LogP) is 5.40. The van der Waals surface area contributed by atoms with Crippen LogP contribution in [0.15, 0.2) is 66.7 Å². The van der Waals surface area contributed by atoms with Gasteiger partial charge in [-0.2, -0.15) is 0 Å². The van der Waals surface area contributed by atoms with Crippen molar-refractivity contribution in [2.75, 3.05) is 0 Å². The highest BCUT2D eigenvalue weighted by Gasteiger charge is 2.14. The molecule has 0 saturated heterocycles. The second-order valence-electron chi connectivity index (χ2n) is 5.61. The van der Waals surface area contributed by atoms with Crippen LogP contribution in [0, 0.1) is 13.8 Å². The first-order chi connectivity index (χ1) is 10.3. The number of fused-ring (bicyclic) bond motifs is 3. The van der Waals surface area contributed by atoms with Gasteiger partial charge in [0.05, 0.1) is 11.0 Å². The molecule has 0 amide bonds. The van der Waals surface area contributed by atoms with Crippen LogP contribution in [-0.4, -0.2) is 4.57 Å². The van der Waals surface area contributed by atoms with Crippen molar-refractivity contribution in [3.63, 3.8) is 0 Å². The fourth-order valence-electron chi connectivity index (χ4n) is 3.31. The zero-order chi connectivity index (χ0) is 14.4. The number of hydrogen-bond donors (Lipinski definition) is 0. The molecule has 0 N–H and O–H groups in total. The van der Waals surface area contributed by atoms with Gasteiger partial charge >= 0.3 is 0 Å². The summed E-state index contributed by atoms with van der Waals surface area (Å²) in [7, 11) is 0. The molecule has 0 aliphatic carbocycles. The number of hydrogen-bond acceptors (Lipinski definition) is 0. The summed E-state index contributed by atoms with van der Waals surface area (Å²) in [5.74, 6) is 0. The predicted molar refractivity (Wildman–Crippen MR) is 90.3 cm³/mol. The second-order valence-corrected chi connectivity index (χ2v) is 5.61. The Labute approximate surface area is 124 Å². The lowest BCUT2D eigenvalue weighted by atomic mass is 10.0. The van der Waals surface area contributed by atoms with E-state index in [0.29, 0.717) is 0 Å². The van der Waals surface area contributed by atoms with Gasteiger partial charge in [0, 0.05) is 16.5 Å². The first-order valence-corrected chi connectivity index (χ1v) is 7.32. The first-order valence-electron chi connectivity index (χ1n) is 7.32. The lowest BCUT2D eigenvalue weighted by molar-refractivity contribution is 1.18. The van der Waals surface area contributed by atoms with Crippen LogP contribution >= 0.6 is 0 Å². The van der Waals surface area contributed by atoms with Crippen LogP contribution in [0.25, 0.3) is 27.5 Å². The molecule has 4 rings (SSSR count). The van der Waals surface area contributed by atoms with E-state index in [0.717, 1.165) is 0 Å². The van der Waals surface area contributed by atoms with Gasteiger partial charge in [-0.3, -0.25) is 0 Å². The fourth-order valence-corrected chi connectivity index (χ4v) is 3.31. The zero-order valence-electron chi connectivity index (χ0n) is 12.3. The van der Waals surface area contributed by atoms with Gasteiger partial charge in [0.25, 0.3) is 0 Å². The van der Waals surface area contributed by atoms with Gasteiger partial charge in [-0.05, 0) is 49.2 Å². The molecule has 1 heterocycles. The SMILES string of the molecule is Cc1cccc2c1c1c(C)cccc1n2-c1ccccc1. The largest absolute Gasteiger partial charge is 0.309 e. The van der Waals surface area contributed by atoms with Gasteiger partial charge in [-0.1, -0.05) is 42.5 Å². The molecular weight excluding hydrogens is 254 g/mol. The summed E-state index contributed by atoms with van der Waals surface area (Å²) in [6, 6.07) is 23.7. The van der Waals surface area contributed by atoms with E-state index in [2.05, 4.69) is 85.1 Å². The molecule has 1 heteroatoms. The molecule has 0 unspecified atom stereocenters. The van der Waals surface area contributed by atoms with E-state index in [-0.39, 0.29) is 0 Å². The average Bonchev–Trinajstić information content (AvgIpc) is 2.85. The highest BCUT2D eigenvalue weighted by molar-refractivity contribution is 6.12. The van der Waals surface area contributed by atoms with Gasteiger partial charge in [0.15, 0.2) is 0 Å². The monoisotopic (exact) mass is 271 g/mol. The quantitative estimate of drug-likeness (QED) is 0.437. The summed E-state index contributed by atoms with van der Waals surface area (Å²) in [5, 5.41) is 2.74. The third-order valence-corrected chi connectivity index (χ3v) is 4.25. The van der Waals surface area contributed by atoms with Gasteiger partial charge in [-0.15, -0.1) is 0 Å². The third-order valence-electron chi connectivity index (χ3n) is 4.25. The van der Waals surface area contributed by atoms with E-state index >= 15 is 0 Å². The Morgan fingerprint density at radius 1 is 0.571 bits per heavy atom. The molecule has 0 radical (unpaired) electrons. The molecule has 0 aliphatic rings. The topological polar surface area (TPSA) is 4.93 Å². The maximum Gasteiger partial charge on any atom is 0.0543 e. The highest BCUT2D eigenvalue weighted by atomic mass is 15.0. The zero-order valence-corrected chi connectivity index (χ0v) is 12.3. The Bertz CT molecular complexity index is 887. The Morgan fingerprint density at radius 3 is 1.62 bits per heavy atom. The van der Waals surface area contributed by atoms with E-state index < -0.39 is 0 Å². The average molecular weight is 271 g/mol. The lowest BCUT2D eigenvalue weighted by Gasteiger charge is -2.07. The number of nitrogens with zero attached hydrogens (tertiary/aromatic N) is 1. The van der Waals surface area contributed by atoms with Gasteiger partial charge < -0.3 is 4.57 Å². The van der Waals surface area contributed by atoms with Crippen molar-refractivity contribution in [2.24, 2.45) is 0 Å². The Balaban J connectivity index is 2.29. The molecule has 0 bridgehead atoms. The van der Waals surface area contributed by atoms with E-state index in [1.165, 1.54) is 38.6 Å². The molecule has 21 heavy (non-hydrogen) atoms. The van der Waals surface area contributed by atoms with Crippen molar-refractivity contribution < 1.29 is 0 Å². The Morgan fingerprint density at radius 2 is 1.10 bits per heavy atom. The third kappa shape index (κ3) is 1.71. The van der Waals surface area contributed by atoms with Crippen LogP contribution in [0.4, 0.5) is 0 Å². The Kier molecular flexibility index (Phi) is 2.61. The van der Waals surface area contributed by atoms with Crippen LogP contribution in [0.2, 0.25) is 0 Å². The van der Waals surface area contributed by atoms with Gasteiger partial charge in [0.2, 0.25) is 0 Å². The molecule has 0 saturated carbocycles. The molecule has 1 aromatic heterocycles. The highest BCUT2D eigenvalue weighted by Crippen LogP contribution is 2.35. The molecule has 4 aromatic rings. The first kappa shape index (κ1) is 12.2. The van der Waals surface area contributed by atoms with Crippen molar-refractivity contribution in [2.45, 2.75) is 13.8 Å². The van der Waals surface area contributed by atoms with Crippen LogP contribution in [0.1, 0.15) is 11.1 Å². The minimum atomic E-state index is 1.22. The Hall–Kier alpha value is -2.54. The molecule has 0 spiro atoms. The number of aromatic nitrogens is 1. The standard InChI is InChI=1S/C20H17N/c1-14-8-6-12-17-19(14)20-15(2)9-7-13-18(20)21(17)16-10-4-3-5-11-16/h3-13H,1-2H3. The summed E-state index contributed by atoms with van der Waals surface area (Å²) in [6.45, 7) is 4.40. The van der Waals surface area contributed by atoms with Crippen molar-refractivity contribution >= 4 is 21.8 Å². The normalized spacial score (nSPS) is 11.3. The maximum atomic E-state index is 2.37. The van der Waals surface area contributed by atoms with Crippen molar-refractivity contribution in [1.29, 1.82) is 0 Å². The molecule has 3 aromatic carbocycles. The second kappa shape index (κ2) is 4.49. The van der Waals surface area contributed by atoms with Crippen molar-refractivity contribution in [3.05, 3.63) is 77.9 Å². The number of rotatable bonds is 1. The minimum Gasteiger partial charge on any atom is -0.309 e. The smallest absolute Gasteiger partial charge is 0.0543 e. The molecule has 1 nitrogen and oxygen atoms in total. The van der Waals surface area contributed by atoms with Crippen LogP contribution in [-0.2, 0) is 0 Å². The molecule has 0 atom stereocenters. The van der Waals surface area contributed by atoms with E-state index in [9.17, 15) is 0 Å². The lowest BCUT2D eigenvalue weighted by Crippen LogP contribution is -1.92. The maximum absolute atomic E-state index is 2.37. The molecule has 102 valence electrons. The van der Waals surface area contributed by atoms with E-state index in [4.69, 9.17) is 0 Å². The van der Waals surface area contributed by atoms with Crippen LogP contribution in [0.5, 0.6) is 0 Å². The van der Waals surface area contributed by atoms with Crippen LogP contribution < -0.4 is 0 Å². The number of aryl methyl sites for hydroxylation is 2. The van der Waals surface area contributed by atoms with E-state index in [1.807, 2.05) is 0 Å². The van der Waals surface area contributed by atoms with Gasteiger partial charge in [0.1, 0.15) is 0 Å². The summed E-state index contributed by atoms with van der Waals surface area (Å²) in [5.41, 5.74) is 6.45. The number of para-hydroxylation sites is 1. The van der Waals surface area contributed by atoms with Gasteiger partial charge in [-0.25, -0.2) is 0 Å². The van der Waals surface area contributed by atoms with Crippen molar-refractivity contribution in [1.82, 2.24) is 4.57 Å². The summed E-state index contributed by atoms with van der Waals surface area (Å²) in [4.78, 5) is 0. The minimum absolute atomic E-state index is 1.22. The van der Waals surface area contributed by atoms with Crippen LogP contribution in [0.3, 0.4) is 0 Å². The summed E-state index contributed by atoms with van der Waals surface area (Å²) in [6.07, 6.45) is 0. The van der Waals surface area contributed by atoms with E-state index in [1.54, 1.807) is 0 Å². The number of benzene rings is 3.